The van der Waals surface area contributed by atoms with Crippen LogP contribution in [-0.2, 0) is 13.0 Å². The molecular weight excluding hydrogens is 216 g/mol. The minimum atomic E-state index is 0.961. The topological polar surface area (TPSA) is 17.8 Å². The van der Waals surface area contributed by atoms with Crippen LogP contribution >= 0.6 is 12.2 Å². The molecule has 1 aromatic heterocycles. The molecule has 1 aromatic carbocycles. The smallest absolute Gasteiger partial charge is 0.116 e. The van der Waals surface area contributed by atoms with Crippen molar-refractivity contribution in [3.63, 3.8) is 0 Å². The summed E-state index contributed by atoms with van der Waals surface area (Å²) in [4.78, 5) is 4.73. The molecule has 0 saturated heterocycles. The Morgan fingerprint density at radius 3 is 2.94 bits per heavy atom. The highest BCUT2D eigenvalue weighted by Gasteiger charge is 2.10. The number of aromatic nitrogens is 2. The van der Waals surface area contributed by atoms with Gasteiger partial charge in [-0.1, -0.05) is 30.8 Å². The summed E-state index contributed by atoms with van der Waals surface area (Å²) in [7, 11) is 0. The number of fused-ring (bicyclic) bond motifs is 2. The van der Waals surface area contributed by atoms with Crippen LogP contribution in [0.4, 0.5) is 0 Å². The van der Waals surface area contributed by atoms with E-state index in [4.69, 9.17) is 17.2 Å². The molecule has 0 atom stereocenters. The zero-order valence-corrected chi connectivity index (χ0v) is 9.96. The van der Waals surface area contributed by atoms with Crippen molar-refractivity contribution in [1.82, 2.24) is 9.55 Å². The number of benzene rings is 1. The van der Waals surface area contributed by atoms with Gasteiger partial charge in [-0.15, -0.1) is 0 Å². The van der Waals surface area contributed by atoms with E-state index in [9.17, 15) is 0 Å². The van der Waals surface area contributed by atoms with E-state index in [0.29, 0.717) is 0 Å². The maximum Gasteiger partial charge on any atom is 0.116 e. The van der Waals surface area contributed by atoms with Crippen LogP contribution in [0.25, 0.3) is 10.9 Å². The van der Waals surface area contributed by atoms with Crippen molar-refractivity contribution in [2.24, 2.45) is 0 Å². The molecule has 0 saturated carbocycles. The molecule has 0 N–H and O–H groups in total. The third kappa shape index (κ3) is 1.55. The first-order chi connectivity index (χ1) is 7.86. The second-order valence-corrected chi connectivity index (χ2v) is 4.70. The van der Waals surface area contributed by atoms with Crippen LogP contribution in [0.15, 0.2) is 24.3 Å². The molecule has 0 aliphatic carbocycles. The van der Waals surface area contributed by atoms with Crippen molar-refractivity contribution in [2.45, 2.75) is 32.2 Å². The molecule has 82 valence electrons. The van der Waals surface area contributed by atoms with Gasteiger partial charge in [-0.3, -0.25) is 0 Å². The van der Waals surface area contributed by atoms with Gasteiger partial charge in [0.2, 0.25) is 0 Å². The average Bonchev–Trinajstić information content (AvgIpc) is 2.55. The fourth-order valence-corrected chi connectivity index (χ4v) is 2.73. The van der Waals surface area contributed by atoms with Crippen molar-refractivity contribution in [1.29, 1.82) is 0 Å². The van der Waals surface area contributed by atoms with E-state index in [2.05, 4.69) is 16.7 Å². The lowest BCUT2D eigenvalue weighted by Gasteiger charge is -2.11. The lowest BCUT2D eigenvalue weighted by atomic mass is 10.2. The Labute approximate surface area is 99.9 Å². The van der Waals surface area contributed by atoms with E-state index < -0.39 is 0 Å². The van der Waals surface area contributed by atoms with Gasteiger partial charge < -0.3 is 4.57 Å². The largest absolute Gasteiger partial charge is 0.320 e. The predicted molar refractivity (Wildman–Crippen MR) is 68.1 cm³/mol. The molecule has 3 heteroatoms. The molecule has 0 amide bonds. The molecule has 0 spiro atoms. The Morgan fingerprint density at radius 1 is 1.12 bits per heavy atom. The first-order valence-corrected chi connectivity index (χ1v) is 6.25. The van der Waals surface area contributed by atoms with Gasteiger partial charge in [-0.2, -0.15) is 0 Å². The second-order valence-electron chi connectivity index (χ2n) is 4.31. The van der Waals surface area contributed by atoms with Gasteiger partial charge in [0.05, 0.1) is 5.52 Å². The highest BCUT2D eigenvalue weighted by Crippen LogP contribution is 2.19. The fourth-order valence-electron chi connectivity index (χ4n) is 2.37. The summed E-state index contributed by atoms with van der Waals surface area (Å²) in [6.07, 6.45) is 4.81. The highest BCUT2D eigenvalue weighted by molar-refractivity contribution is 7.71. The van der Waals surface area contributed by atoms with Crippen molar-refractivity contribution in [3.05, 3.63) is 34.7 Å². The summed E-state index contributed by atoms with van der Waals surface area (Å²) in [5.74, 6) is 1.17. The molecule has 0 radical (unpaired) electrons. The third-order valence-electron chi connectivity index (χ3n) is 3.22. The Kier molecular flexibility index (Phi) is 2.48. The van der Waals surface area contributed by atoms with Crippen LogP contribution in [-0.4, -0.2) is 9.55 Å². The zero-order valence-electron chi connectivity index (χ0n) is 9.15. The lowest BCUT2D eigenvalue weighted by Crippen LogP contribution is -2.08. The summed E-state index contributed by atoms with van der Waals surface area (Å²) in [6.45, 7) is 1.03. The molecule has 3 rings (SSSR count). The van der Waals surface area contributed by atoms with E-state index in [1.165, 1.54) is 25.1 Å². The predicted octanol–water partition coefficient (Wildman–Crippen LogP) is 3.49. The Hall–Kier alpha value is -1.22. The van der Waals surface area contributed by atoms with Crippen LogP contribution in [0.2, 0.25) is 0 Å². The lowest BCUT2D eigenvalue weighted by molar-refractivity contribution is 0.623. The van der Waals surface area contributed by atoms with Crippen LogP contribution in [0.5, 0.6) is 0 Å². The molecule has 2 heterocycles. The van der Waals surface area contributed by atoms with Gasteiger partial charge >= 0.3 is 0 Å². The molecule has 0 fully saturated rings. The van der Waals surface area contributed by atoms with E-state index in [0.717, 1.165) is 28.5 Å². The van der Waals surface area contributed by atoms with Crippen molar-refractivity contribution in [3.8, 4) is 0 Å². The molecule has 2 aromatic rings. The number of hydrogen-bond acceptors (Lipinski definition) is 2. The first-order valence-electron chi connectivity index (χ1n) is 5.85. The molecular formula is C13H14N2S. The summed E-state index contributed by atoms with van der Waals surface area (Å²) >= 11 is 5.56. The zero-order chi connectivity index (χ0) is 11.0. The maximum absolute atomic E-state index is 5.56. The number of hydrogen-bond donors (Lipinski definition) is 0. The summed E-state index contributed by atoms with van der Waals surface area (Å²) < 4.78 is 3.19. The molecule has 0 unspecified atom stereocenters. The highest BCUT2D eigenvalue weighted by atomic mass is 32.1. The number of rotatable bonds is 0. The third-order valence-corrected chi connectivity index (χ3v) is 3.66. The number of aryl methyl sites for hydroxylation is 1. The van der Waals surface area contributed by atoms with Gasteiger partial charge in [0.1, 0.15) is 10.5 Å². The minimum absolute atomic E-state index is 0.961. The van der Waals surface area contributed by atoms with E-state index in [1.54, 1.807) is 0 Å². The molecule has 1 aliphatic rings. The number of nitrogens with zero attached hydrogens (tertiary/aromatic N) is 2. The molecule has 0 bridgehead atoms. The SMILES string of the molecule is S=c1c2ccccc2nc2n1CCCCC2. The minimum Gasteiger partial charge on any atom is -0.320 e. The van der Waals surface area contributed by atoms with Crippen LogP contribution in [0, 0.1) is 4.64 Å². The van der Waals surface area contributed by atoms with Crippen LogP contribution in [0.3, 0.4) is 0 Å². The fraction of sp³-hybridized carbons (Fsp3) is 0.385. The van der Waals surface area contributed by atoms with Gasteiger partial charge in [-0.25, -0.2) is 4.98 Å². The standard InChI is InChI=1S/C13H14N2S/c16-13-10-6-3-4-7-11(10)14-12-8-2-1-5-9-15(12)13/h3-4,6-7H,1-2,5,8-9H2. The van der Waals surface area contributed by atoms with Crippen molar-refractivity contribution in [2.75, 3.05) is 0 Å². The summed E-state index contributed by atoms with van der Waals surface area (Å²) in [5.41, 5.74) is 1.04. The molecule has 1 aliphatic heterocycles. The number of para-hydroxylation sites is 1. The van der Waals surface area contributed by atoms with Gasteiger partial charge in [0.25, 0.3) is 0 Å². The molecule has 16 heavy (non-hydrogen) atoms. The quantitative estimate of drug-likeness (QED) is 0.645. The summed E-state index contributed by atoms with van der Waals surface area (Å²) in [5, 5.41) is 1.11. The van der Waals surface area contributed by atoms with E-state index in [-0.39, 0.29) is 0 Å². The normalized spacial score (nSPS) is 15.8. The molecule has 2 nitrogen and oxygen atoms in total. The second kappa shape index (κ2) is 3.98. The van der Waals surface area contributed by atoms with Gasteiger partial charge in [0, 0.05) is 18.4 Å². The Balaban J connectivity index is 2.34. The van der Waals surface area contributed by atoms with Gasteiger partial charge in [-0.05, 0) is 25.0 Å². The van der Waals surface area contributed by atoms with Crippen molar-refractivity contribution < 1.29 is 0 Å². The Morgan fingerprint density at radius 2 is 2.00 bits per heavy atom. The maximum atomic E-state index is 5.56. The van der Waals surface area contributed by atoms with E-state index >= 15 is 0 Å². The average molecular weight is 230 g/mol. The van der Waals surface area contributed by atoms with Crippen molar-refractivity contribution >= 4 is 23.1 Å². The monoisotopic (exact) mass is 230 g/mol. The van der Waals surface area contributed by atoms with E-state index in [1.807, 2.05) is 12.1 Å². The van der Waals surface area contributed by atoms with Gasteiger partial charge in [0.15, 0.2) is 0 Å². The summed E-state index contributed by atoms with van der Waals surface area (Å²) in [6, 6.07) is 8.18. The Bertz CT molecular complexity index is 586. The first kappa shape index (κ1) is 9.97. The van der Waals surface area contributed by atoms with Crippen LogP contribution in [0.1, 0.15) is 25.1 Å². The van der Waals surface area contributed by atoms with Crippen LogP contribution < -0.4 is 0 Å².